The smallest absolute Gasteiger partial charge is 0.263 e. The molecule has 5 heteroatoms. The van der Waals surface area contributed by atoms with Crippen LogP contribution < -0.4 is 5.32 Å². The number of halogens is 1. The van der Waals surface area contributed by atoms with Gasteiger partial charge in [-0.15, -0.1) is 22.9 Å². The van der Waals surface area contributed by atoms with Gasteiger partial charge in [-0.25, -0.2) is 4.98 Å². The fourth-order valence-electron chi connectivity index (χ4n) is 1.02. The van der Waals surface area contributed by atoms with Gasteiger partial charge in [0.25, 0.3) is 5.91 Å². The van der Waals surface area contributed by atoms with Gasteiger partial charge in [0.05, 0.1) is 16.7 Å². The number of amides is 1. The van der Waals surface area contributed by atoms with Gasteiger partial charge in [-0.3, -0.25) is 4.79 Å². The fourth-order valence-corrected chi connectivity index (χ4v) is 1.95. The summed E-state index contributed by atoms with van der Waals surface area (Å²) in [6.45, 7) is 5.81. The number of alkyl halides is 1. The van der Waals surface area contributed by atoms with Gasteiger partial charge >= 0.3 is 0 Å². The molecule has 1 aromatic rings. The quantitative estimate of drug-likeness (QED) is 0.830. The van der Waals surface area contributed by atoms with E-state index in [0.717, 1.165) is 11.4 Å². The standard InChI is InChI=1S/C10H15ClN2OS/c1-4-10(3,6-11)13-9(14)8-5-12-7(2)15-8/h5H,4,6H2,1-3H3,(H,13,14). The number of rotatable bonds is 4. The first-order valence-corrected chi connectivity index (χ1v) is 6.17. The molecule has 0 saturated heterocycles. The zero-order valence-electron chi connectivity index (χ0n) is 9.13. The molecule has 0 aliphatic rings. The number of thiazole rings is 1. The minimum Gasteiger partial charge on any atom is -0.345 e. The molecule has 0 spiro atoms. The lowest BCUT2D eigenvalue weighted by atomic mass is 10.0. The van der Waals surface area contributed by atoms with Gasteiger partial charge in [0.15, 0.2) is 0 Å². The SMILES string of the molecule is CCC(C)(CCl)NC(=O)c1cnc(C)s1. The third-order valence-electron chi connectivity index (χ3n) is 2.34. The normalized spacial score (nSPS) is 14.7. The van der Waals surface area contributed by atoms with Crippen LogP contribution in [0.3, 0.4) is 0 Å². The van der Waals surface area contributed by atoms with Crippen LogP contribution in [0.25, 0.3) is 0 Å². The van der Waals surface area contributed by atoms with E-state index in [2.05, 4.69) is 10.3 Å². The minimum atomic E-state index is -0.337. The molecule has 0 aromatic carbocycles. The average molecular weight is 247 g/mol. The van der Waals surface area contributed by atoms with Crippen LogP contribution >= 0.6 is 22.9 Å². The first-order valence-electron chi connectivity index (χ1n) is 4.81. The Hall–Kier alpha value is -0.610. The van der Waals surface area contributed by atoms with Crippen molar-refractivity contribution in [2.45, 2.75) is 32.7 Å². The van der Waals surface area contributed by atoms with Crippen LogP contribution in [0.5, 0.6) is 0 Å². The molecular weight excluding hydrogens is 232 g/mol. The summed E-state index contributed by atoms with van der Waals surface area (Å²) < 4.78 is 0. The molecule has 1 rings (SSSR count). The number of hydrogen-bond donors (Lipinski definition) is 1. The fraction of sp³-hybridized carbons (Fsp3) is 0.600. The molecule has 1 N–H and O–H groups in total. The van der Waals surface area contributed by atoms with E-state index >= 15 is 0 Å². The Labute approximate surface area is 98.9 Å². The average Bonchev–Trinajstić information content (AvgIpc) is 2.65. The van der Waals surface area contributed by atoms with Gasteiger partial charge in [0.1, 0.15) is 4.88 Å². The zero-order chi connectivity index (χ0) is 11.5. The maximum Gasteiger partial charge on any atom is 0.263 e. The molecule has 84 valence electrons. The number of carbonyl (C=O) groups excluding carboxylic acids is 1. The molecule has 1 aromatic heterocycles. The van der Waals surface area contributed by atoms with E-state index in [9.17, 15) is 4.79 Å². The molecule has 1 unspecified atom stereocenters. The third-order valence-corrected chi connectivity index (χ3v) is 3.84. The van der Waals surface area contributed by atoms with Crippen LogP contribution in [0.2, 0.25) is 0 Å². The van der Waals surface area contributed by atoms with E-state index in [1.807, 2.05) is 20.8 Å². The Morgan fingerprint density at radius 3 is 2.80 bits per heavy atom. The number of aryl methyl sites for hydroxylation is 1. The number of nitrogens with one attached hydrogen (secondary N) is 1. The van der Waals surface area contributed by atoms with Crippen LogP contribution in [0.1, 0.15) is 34.9 Å². The van der Waals surface area contributed by atoms with Crippen molar-refractivity contribution in [3.63, 3.8) is 0 Å². The third kappa shape index (κ3) is 3.18. The molecule has 0 fully saturated rings. The summed E-state index contributed by atoms with van der Waals surface area (Å²) in [5.41, 5.74) is -0.337. The molecule has 1 atom stereocenters. The van der Waals surface area contributed by atoms with E-state index in [1.165, 1.54) is 11.3 Å². The van der Waals surface area contributed by atoms with Gasteiger partial charge in [-0.1, -0.05) is 6.92 Å². The van der Waals surface area contributed by atoms with Crippen molar-refractivity contribution in [2.75, 3.05) is 5.88 Å². The van der Waals surface area contributed by atoms with Crippen molar-refractivity contribution in [1.29, 1.82) is 0 Å². The lowest BCUT2D eigenvalue weighted by Crippen LogP contribution is -2.46. The van der Waals surface area contributed by atoms with Gasteiger partial charge in [-0.05, 0) is 20.3 Å². The highest BCUT2D eigenvalue weighted by Gasteiger charge is 2.24. The van der Waals surface area contributed by atoms with Crippen LogP contribution in [0.15, 0.2) is 6.20 Å². The molecule has 15 heavy (non-hydrogen) atoms. The monoisotopic (exact) mass is 246 g/mol. The Morgan fingerprint density at radius 1 is 1.73 bits per heavy atom. The van der Waals surface area contributed by atoms with Crippen molar-refractivity contribution < 1.29 is 4.79 Å². The van der Waals surface area contributed by atoms with Gasteiger partial charge < -0.3 is 5.32 Å². The first kappa shape index (κ1) is 12.5. The molecule has 0 saturated carbocycles. The topological polar surface area (TPSA) is 42.0 Å². The van der Waals surface area contributed by atoms with E-state index in [1.54, 1.807) is 6.20 Å². The lowest BCUT2D eigenvalue weighted by molar-refractivity contribution is 0.0916. The highest BCUT2D eigenvalue weighted by molar-refractivity contribution is 7.13. The minimum absolute atomic E-state index is 0.0920. The highest BCUT2D eigenvalue weighted by Crippen LogP contribution is 2.16. The van der Waals surface area contributed by atoms with Crippen LogP contribution in [-0.2, 0) is 0 Å². The summed E-state index contributed by atoms with van der Waals surface area (Å²) in [6.07, 6.45) is 2.40. The van der Waals surface area contributed by atoms with Gasteiger partial charge in [0.2, 0.25) is 0 Å². The summed E-state index contributed by atoms with van der Waals surface area (Å²) in [4.78, 5) is 16.5. The summed E-state index contributed by atoms with van der Waals surface area (Å²) in [6, 6.07) is 0. The van der Waals surface area contributed by atoms with Gasteiger partial charge in [-0.2, -0.15) is 0 Å². The van der Waals surface area contributed by atoms with E-state index in [0.29, 0.717) is 10.8 Å². The Bertz CT molecular complexity index is 347. The molecule has 3 nitrogen and oxygen atoms in total. The Balaban J connectivity index is 2.71. The maximum atomic E-state index is 11.8. The lowest BCUT2D eigenvalue weighted by Gasteiger charge is -2.26. The summed E-state index contributed by atoms with van der Waals surface area (Å²) in [5, 5.41) is 3.81. The van der Waals surface area contributed by atoms with E-state index < -0.39 is 0 Å². The summed E-state index contributed by atoms with van der Waals surface area (Å²) in [5.74, 6) is 0.318. The summed E-state index contributed by atoms with van der Waals surface area (Å²) in [7, 11) is 0. The molecule has 1 amide bonds. The number of aromatic nitrogens is 1. The van der Waals surface area contributed by atoms with Crippen LogP contribution in [0, 0.1) is 6.92 Å². The van der Waals surface area contributed by atoms with Gasteiger partial charge in [0, 0.05) is 5.88 Å². The largest absolute Gasteiger partial charge is 0.345 e. The maximum absolute atomic E-state index is 11.8. The number of nitrogens with zero attached hydrogens (tertiary/aromatic N) is 1. The second kappa shape index (κ2) is 4.94. The Morgan fingerprint density at radius 2 is 2.40 bits per heavy atom. The first-order chi connectivity index (χ1) is 7.00. The summed E-state index contributed by atoms with van der Waals surface area (Å²) >= 11 is 7.21. The molecule has 0 radical (unpaired) electrons. The van der Waals surface area contributed by atoms with Crippen molar-refractivity contribution in [2.24, 2.45) is 0 Å². The molecule has 1 heterocycles. The molecule has 0 aliphatic carbocycles. The van der Waals surface area contributed by atoms with E-state index in [-0.39, 0.29) is 11.4 Å². The van der Waals surface area contributed by atoms with Crippen LogP contribution in [-0.4, -0.2) is 22.3 Å². The Kier molecular flexibility index (Phi) is 4.11. The second-order valence-corrected chi connectivity index (χ2v) is 5.25. The predicted octanol–water partition coefficient (Wildman–Crippen LogP) is 2.59. The van der Waals surface area contributed by atoms with E-state index in [4.69, 9.17) is 11.6 Å². The highest BCUT2D eigenvalue weighted by atomic mass is 35.5. The number of hydrogen-bond acceptors (Lipinski definition) is 3. The zero-order valence-corrected chi connectivity index (χ0v) is 10.7. The predicted molar refractivity (Wildman–Crippen MR) is 63.7 cm³/mol. The second-order valence-electron chi connectivity index (χ2n) is 3.75. The molecule has 0 aliphatic heterocycles. The molecular formula is C10H15ClN2OS. The van der Waals surface area contributed by atoms with Crippen LogP contribution in [0.4, 0.5) is 0 Å². The van der Waals surface area contributed by atoms with Crippen molar-refractivity contribution >= 4 is 28.8 Å². The number of carbonyl (C=O) groups is 1. The van der Waals surface area contributed by atoms with Crippen molar-refractivity contribution in [3.8, 4) is 0 Å². The molecule has 0 bridgehead atoms. The van der Waals surface area contributed by atoms with Crippen molar-refractivity contribution in [1.82, 2.24) is 10.3 Å². The van der Waals surface area contributed by atoms with Crippen molar-refractivity contribution in [3.05, 3.63) is 16.1 Å².